The smallest absolute Gasteiger partial charge is 0.161 e. The summed E-state index contributed by atoms with van der Waals surface area (Å²) in [6, 6.07) is 13.9. The highest BCUT2D eigenvalue weighted by atomic mass is 79.9. The van der Waals surface area contributed by atoms with Crippen LogP contribution in [0.1, 0.15) is 11.1 Å². The van der Waals surface area contributed by atoms with Gasteiger partial charge in [-0.3, -0.25) is 0 Å². The van der Waals surface area contributed by atoms with E-state index < -0.39 is 0 Å². The number of methoxy groups -OCH3 is 1. The van der Waals surface area contributed by atoms with Crippen LogP contribution in [0.3, 0.4) is 0 Å². The van der Waals surface area contributed by atoms with E-state index in [-0.39, 0.29) is 0 Å². The predicted molar refractivity (Wildman–Crippen MR) is 76.2 cm³/mol. The molecule has 0 bridgehead atoms. The Bertz CT molecular complexity index is 538. The maximum absolute atomic E-state index is 5.79. The Balaban J connectivity index is 2.13. The van der Waals surface area contributed by atoms with Crippen LogP contribution in [0.2, 0.25) is 0 Å². The third-order valence-electron chi connectivity index (χ3n) is 2.66. The van der Waals surface area contributed by atoms with Gasteiger partial charge in [0.2, 0.25) is 0 Å². The molecule has 2 nitrogen and oxygen atoms in total. The molecule has 0 aliphatic carbocycles. The fourth-order valence-electron chi connectivity index (χ4n) is 1.67. The highest BCUT2D eigenvalue weighted by molar-refractivity contribution is 9.10. The largest absolute Gasteiger partial charge is 0.493 e. The summed E-state index contributed by atoms with van der Waals surface area (Å²) in [6.07, 6.45) is 0. The van der Waals surface area contributed by atoms with E-state index in [9.17, 15) is 0 Å². The molecule has 18 heavy (non-hydrogen) atoms. The van der Waals surface area contributed by atoms with Crippen molar-refractivity contribution in [1.29, 1.82) is 0 Å². The Morgan fingerprint density at radius 3 is 2.56 bits per heavy atom. The van der Waals surface area contributed by atoms with E-state index in [2.05, 4.69) is 15.9 Å². The molecule has 94 valence electrons. The minimum atomic E-state index is 0.515. The molecule has 0 unspecified atom stereocenters. The van der Waals surface area contributed by atoms with Gasteiger partial charge < -0.3 is 9.47 Å². The number of rotatable bonds is 4. The van der Waals surface area contributed by atoms with Crippen molar-refractivity contribution in [3.8, 4) is 11.5 Å². The van der Waals surface area contributed by atoms with Crippen LogP contribution in [0.5, 0.6) is 11.5 Å². The van der Waals surface area contributed by atoms with Crippen LogP contribution in [-0.2, 0) is 6.61 Å². The van der Waals surface area contributed by atoms with Gasteiger partial charge in [0, 0.05) is 10.0 Å². The molecule has 0 amide bonds. The van der Waals surface area contributed by atoms with Gasteiger partial charge in [-0.1, -0.05) is 40.2 Å². The quantitative estimate of drug-likeness (QED) is 0.836. The van der Waals surface area contributed by atoms with Gasteiger partial charge in [0.1, 0.15) is 6.61 Å². The maximum atomic E-state index is 5.79. The lowest BCUT2D eigenvalue weighted by Gasteiger charge is -2.12. The van der Waals surface area contributed by atoms with Crippen LogP contribution in [0.15, 0.2) is 46.9 Å². The monoisotopic (exact) mass is 306 g/mol. The Morgan fingerprint density at radius 2 is 1.83 bits per heavy atom. The van der Waals surface area contributed by atoms with E-state index in [1.54, 1.807) is 7.11 Å². The van der Waals surface area contributed by atoms with Crippen LogP contribution in [-0.4, -0.2) is 7.11 Å². The van der Waals surface area contributed by atoms with Gasteiger partial charge in [-0.25, -0.2) is 0 Å². The second-order valence-electron chi connectivity index (χ2n) is 4.03. The maximum Gasteiger partial charge on any atom is 0.161 e. The molecule has 0 aliphatic rings. The molecule has 0 fully saturated rings. The summed E-state index contributed by atoms with van der Waals surface area (Å²) >= 11 is 3.51. The zero-order valence-electron chi connectivity index (χ0n) is 10.4. The van der Waals surface area contributed by atoms with Gasteiger partial charge in [-0.15, -0.1) is 0 Å². The van der Waals surface area contributed by atoms with Crippen LogP contribution < -0.4 is 9.47 Å². The fourth-order valence-corrected chi connectivity index (χ4v) is 2.06. The Labute approximate surface area is 116 Å². The average molecular weight is 307 g/mol. The number of hydrogen-bond acceptors (Lipinski definition) is 2. The second-order valence-corrected chi connectivity index (χ2v) is 4.89. The van der Waals surface area contributed by atoms with Crippen molar-refractivity contribution in [1.82, 2.24) is 0 Å². The molecule has 0 saturated carbocycles. The third-order valence-corrected chi connectivity index (χ3v) is 3.43. The molecule has 0 heterocycles. The first-order valence-corrected chi connectivity index (χ1v) is 6.51. The lowest BCUT2D eigenvalue weighted by atomic mass is 10.2. The van der Waals surface area contributed by atoms with E-state index in [0.29, 0.717) is 6.61 Å². The summed E-state index contributed by atoms with van der Waals surface area (Å²) in [5, 5.41) is 0. The lowest BCUT2D eigenvalue weighted by Crippen LogP contribution is -1.98. The number of ether oxygens (including phenoxy) is 2. The molecule has 0 radical (unpaired) electrons. The molecular formula is C15H15BrO2. The topological polar surface area (TPSA) is 18.5 Å². The van der Waals surface area contributed by atoms with Gasteiger partial charge >= 0.3 is 0 Å². The molecule has 0 spiro atoms. The van der Waals surface area contributed by atoms with E-state index in [1.165, 1.54) is 0 Å². The molecule has 0 aromatic heterocycles. The average Bonchev–Trinajstić information content (AvgIpc) is 2.39. The van der Waals surface area contributed by atoms with Crippen LogP contribution in [0.4, 0.5) is 0 Å². The zero-order valence-corrected chi connectivity index (χ0v) is 12.0. The van der Waals surface area contributed by atoms with Crippen LogP contribution in [0.25, 0.3) is 0 Å². The van der Waals surface area contributed by atoms with Crippen LogP contribution in [0, 0.1) is 6.92 Å². The number of aryl methyl sites for hydroxylation is 1. The minimum absolute atomic E-state index is 0.515. The molecule has 0 aliphatic heterocycles. The van der Waals surface area contributed by atoms with Crippen molar-refractivity contribution in [2.75, 3.05) is 7.11 Å². The van der Waals surface area contributed by atoms with Gasteiger partial charge in [0.25, 0.3) is 0 Å². The normalized spacial score (nSPS) is 10.2. The van der Waals surface area contributed by atoms with Crippen molar-refractivity contribution in [2.45, 2.75) is 13.5 Å². The van der Waals surface area contributed by atoms with E-state index in [1.807, 2.05) is 49.4 Å². The third kappa shape index (κ3) is 3.05. The van der Waals surface area contributed by atoms with Crippen molar-refractivity contribution >= 4 is 15.9 Å². The summed E-state index contributed by atoms with van der Waals surface area (Å²) in [7, 11) is 1.65. The number of hydrogen-bond donors (Lipinski definition) is 0. The van der Waals surface area contributed by atoms with E-state index in [0.717, 1.165) is 27.1 Å². The van der Waals surface area contributed by atoms with Gasteiger partial charge in [0.05, 0.1) is 7.11 Å². The van der Waals surface area contributed by atoms with Gasteiger partial charge in [-0.05, 0) is 30.7 Å². The number of benzene rings is 2. The SMILES string of the molecule is COc1cc(C)ccc1OCc1ccccc1Br. The molecule has 0 saturated heterocycles. The lowest BCUT2D eigenvalue weighted by molar-refractivity contribution is 0.284. The molecular weight excluding hydrogens is 292 g/mol. The first kappa shape index (κ1) is 13.0. The summed E-state index contributed by atoms with van der Waals surface area (Å²) in [5.74, 6) is 1.53. The van der Waals surface area contributed by atoms with Gasteiger partial charge in [-0.2, -0.15) is 0 Å². The predicted octanol–water partition coefficient (Wildman–Crippen LogP) is 4.35. The second kappa shape index (κ2) is 5.91. The first-order chi connectivity index (χ1) is 8.70. The van der Waals surface area contributed by atoms with E-state index in [4.69, 9.17) is 9.47 Å². The summed E-state index contributed by atoms with van der Waals surface area (Å²) < 4.78 is 12.2. The molecule has 2 aromatic carbocycles. The minimum Gasteiger partial charge on any atom is -0.493 e. The molecule has 2 rings (SSSR count). The highest BCUT2D eigenvalue weighted by Crippen LogP contribution is 2.29. The van der Waals surface area contributed by atoms with Gasteiger partial charge in [0.15, 0.2) is 11.5 Å². The molecule has 0 atom stereocenters. The highest BCUT2D eigenvalue weighted by Gasteiger charge is 2.05. The number of halogens is 1. The van der Waals surface area contributed by atoms with Crippen molar-refractivity contribution < 1.29 is 9.47 Å². The Kier molecular flexibility index (Phi) is 4.26. The fraction of sp³-hybridized carbons (Fsp3) is 0.200. The van der Waals surface area contributed by atoms with Crippen molar-refractivity contribution in [3.63, 3.8) is 0 Å². The first-order valence-electron chi connectivity index (χ1n) is 5.71. The Morgan fingerprint density at radius 1 is 1.06 bits per heavy atom. The summed E-state index contributed by atoms with van der Waals surface area (Å²) in [4.78, 5) is 0. The van der Waals surface area contributed by atoms with Crippen molar-refractivity contribution in [3.05, 3.63) is 58.1 Å². The van der Waals surface area contributed by atoms with Crippen molar-refractivity contribution in [2.24, 2.45) is 0 Å². The molecule has 0 N–H and O–H groups in total. The van der Waals surface area contributed by atoms with E-state index >= 15 is 0 Å². The standard InChI is InChI=1S/C15H15BrO2/c1-11-7-8-14(15(9-11)17-2)18-10-12-5-3-4-6-13(12)16/h3-9H,10H2,1-2H3. The molecule has 3 heteroatoms. The molecule has 2 aromatic rings. The summed E-state index contributed by atoms with van der Waals surface area (Å²) in [5.41, 5.74) is 2.26. The Hall–Kier alpha value is -1.48. The summed E-state index contributed by atoms with van der Waals surface area (Å²) in [6.45, 7) is 2.54. The van der Waals surface area contributed by atoms with Crippen LogP contribution >= 0.6 is 15.9 Å². The zero-order chi connectivity index (χ0) is 13.0.